The van der Waals surface area contributed by atoms with Crippen LogP contribution in [0.4, 0.5) is 0 Å². The number of nitrogens with two attached hydrogens (primary N) is 1. The third kappa shape index (κ3) is 2.52. The summed E-state index contributed by atoms with van der Waals surface area (Å²) >= 11 is 2.03. The van der Waals surface area contributed by atoms with Crippen molar-refractivity contribution in [1.82, 2.24) is 0 Å². The molecule has 3 rings (SSSR count). The molecule has 0 aromatic heterocycles. The van der Waals surface area contributed by atoms with Gasteiger partial charge in [0.15, 0.2) is 0 Å². The number of benzene rings is 1. The normalized spacial score (nSPS) is 23.4. The van der Waals surface area contributed by atoms with Crippen molar-refractivity contribution in [3.8, 4) is 5.75 Å². The summed E-state index contributed by atoms with van der Waals surface area (Å²) in [5.41, 5.74) is 7.52. The molecule has 0 atom stereocenters. The van der Waals surface area contributed by atoms with E-state index in [0.29, 0.717) is 6.10 Å². The fourth-order valence-corrected chi connectivity index (χ4v) is 3.76. The summed E-state index contributed by atoms with van der Waals surface area (Å²) in [6, 6.07) is 8.46. The molecule has 18 heavy (non-hydrogen) atoms. The zero-order valence-electron chi connectivity index (χ0n) is 10.7. The molecule has 2 nitrogen and oxygen atoms in total. The van der Waals surface area contributed by atoms with Crippen molar-refractivity contribution >= 4 is 11.8 Å². The van der Waals surface area contributed by atoms with Gasteiger partial charge in [-0.2, -0.15) is 11.8 Å². The molecule has 0 unspecified atom stereocenters. The summed E-state index contributed by atoms with van der Waals surface area (Å²) in [5, 5.41) is 0. The zero-order chi connectivity index (χ0) is 12.4. The number of thioether (sulfide) groups is 1. The molecule has 2 aliphatic rings. The van der Waals surface area contributed by atoms with Crippen LogP contribution in [0.2, 0.25) is 0 Å². The second-order valence-corrected chi connectivity index (χ2v) is 6.69. The van der Waals surface area contributed by atoms with Gasteiger partial charge >= 0.3 is 0 Å². The summed E-state index contributed by atoms with van der Waals surface area (Å²) < 4.78 is 6.02. The number of hydrogen-bond acceptors (Lipinski definition) is 3. The molecular formula is C15H21NOS. The second kappa shape index (κ2) is 5.14. The highest BCUT2D eigenvalue weighted by molar-refractivity contribution is 7.99. The Morgan fingerprint density at radius 2 is 1.78 bits per heavy atom. The zero-order valence-corrected chi connectivity index (χ0v) is 11.5. The van der Waals surface area contributed by atoms with Crippen molar-refractivity contribution in [2.45, 2.75) is 43.7 Å². The van der Waals surface area contributed by atoms with E-state index in [0.717, 1.165) is 18.6 Å². The predicted molar refractivity (Wildman–Crippen MR) is 77.1 cm³/mol. The molecule has 1 aliphatic carbocycles. The summed E-state index contributed by atoms with van der Waals surface area (Å²) in [4.78, 5) is 0. The van der Waals surface area contributed by atoms with Crippen LogP contribution in [0, 0.1) is 0 Å². The van der Waals surface area contributed by atoms with Gasteiger partial charge in [0.25, 0.3) is 0 Å². The Kier molecular flexibility index (Phi) is 3.53. The Bertz CT molecular complexity index is 393. The number of hydrogen-bond donors (Lipinski definition) is 1. The third-order valence-corrected chi connectivity index (χ3v) is 5.19. The van der Waals surface area contributed by atoms with Crippen molar-refractivity contribution in [3.63, 3.8) is 0 Å². The van der Waals surface area contributed by atoms with Crippen molar-refractivity contribution in [2.24, 2.45) is 5.73 Å². The molecule has 0 radical (unpaired) electrons. The Hall–Kier alpha value is -0.670. The maximum atomic E-state index is 6.31. The van der Waals surface area contributed by atoms with E-state index in [9.17, 15) is 0 Å². The molecular weight excluding hydrogens is 242 g/mol. The lowest BCUT2D eigenvalue weighted by Gasteiger charge is -2.38. The third-order valence-electron chi connectivity index (χ3n) is 4.15. The van der Waals surface area contributed by atoms with Crippen LogP contribution in [0.15, 0.2) is 24.3 Å². The molecule has 1 aromatic carbocycles. The van der Waals surface area contributed by atoms with Crippen LogP contribution in [0.3, 0.4) is 0 Å². The minimum absolute atomic E-state index is 0.0555. The Morgan fingerprint density at radius 3 is 2.33 bits per heavy atom. The van der Waals surface area contributed by atoms with Crippen LogP contribution in [0.25, 0.3) is 0 Å². The Morgan fingerprint density at radius 1 is 1.11 bits per heavy atom. The van der Waals surface area contributed by atoms with Gasteiger partial charge in [-0.1, -0.05) is 12.1 Å². The van der Waals surface area contributed by atoms with E-state index < -0.39 is 0 Å². The molecule has 1 heterocycles. The highest BCUT2D eigenvalue weighted by atomic mass is 32.2. The molecule has 1 aromatic rings. The Balaban J connectivity index is 1.63. The topological polar surface area (TPSA) is 35.2 Å². The van der Waals surface area contributed by atoms with Crippen LogP contribution < -0.4 is 10.5 Å². The van der Waals surface area contributed by atoms with E-state index in [1.54, 1.807) is 0 Å². The van der Waals surface area contributed by atoms with Crippen molar-refractivity contribution < 1.29 is 4.74 Å². The SMILES string of the molecule is NC1(c2ccc(OC3CCSCC3)cc2)CCC1. The fraction of sp³-hybridized carbons (Fsp3) is 0.600. The first-order valence-corrected chi connectivity index (χ1v) is 8.06. The lowest BCUT2D eigenvalue weighted by atomic mass is 9.73. The van der Waals surface area contributed by atoms with Gasteiger partial charge in [-0.15, -0.1) is 0 Å². The van der Waals surface area contributed by atoms with Gasteiger partial charge in [0, 0.05) is 5.54 Å². The van der Waals surface area contributed by atoms with Gasteiger partial charge in [-0.05, 0) is 61.3 Å². The van der Waals surface area contributed by atoms with E-state index in [2.05, 4.69) is 24.3 Å². The highest BCUT2D eigenvalue weighted by Gasteiger charge is 2.34. The largest absolute Gasteiger partial charge is 0.490 e. The van der Waals surface area contributed by atoms with Gasteiger partial charge in [-0.25, -0.2) is 0 Å². The van der Waals surface area contributed by atoms with Crippen molar-refractivity contribution in [2.75, 3.05) is 11.5 Å². The quantitative estimate of drug-likeness (QED) is 0.909. The summed E-state index contributed by atoms with van der Waals surface area (Å²) in [5.74, 6) is 3.46. The first-order valence-electron chi connectivity index (χ1n) is 6.90. The first-order chi connectivity index (χ1) is 8.76. The minimum Gasteiger partial charge on any atom is -0.490 e. The van der Waals surface area contributed by atoms with Gasteiger partial charge in [0.1, 0.15) is 11.9 Å². The molecule has 3 heteroatoms. The summed E-state index contributed by atoms with van der Waals surface area (Å²) in [7, 11) is 0. The maximum Gasteiger partial charge on any atom is 0.119 e. The van der Waals surface area contributed by atoms with Gasteiger partial charge in [0.05, 0.1) is 0 Å². The lowest BCUT2D eigenvalue weighted by Crippen LogP contribution is -2.43. The Labute approximate surface area is 113 Å². The fourth-order valence-electron chi connectivity index (χ4n) is 2.70. The standard InChI is InChI=1S/C15H21NOS/c16-15(8-1-9-15)12-2-4-13(5-3-12)17-14-6-10-18-11-7-14/h2-5,14H,1,6-11,16H2. The molecule has 0 spiro atoms. The predicted octanol–water partition coefficient (Wildman–Crippen LogP) is 3.30. The van der Waals surface area contributed by atoms with Crippen LogP contribution in [-0.2, 0) is 5.54 Å². The van der Waals surface area contributed by atoms with E-state index in [1.807, 2.05) is 11.8 Å². The summed E-state index contributed by atoms with van der Waals surface area (Å²) in [6.45, 7) is 0. The minimum atomic E-state index is -0.0555. The van der Waals surface area contributed by atoms with E-state index >= 15 is 0 Å². The smallest absolute Gasteiger partial charge is 0.119 e. The van der Waals surface area contributed by atoms with Gasteiger partial charge in [-0.3, -0.25) is 0 Å². The molecule has 0 amide bonds. The average molecular weight is 263 g/mol. The van der Waals surface area contributed by atoms with Crippen LogP contribution in [0.5, 0.6) is 5.75 Å². The first kappa shape index (κ1) is 12.4. The molecule has 1 saturated carbocycles. The maximum absolute atomic E-state index is 6.31. The van der Waals surface area contributed by atoms with Crippen LogP contribution >= 0.6 is 11.8 Å². The molecule has 98 valence electrons. The van der Waals surface area contributed by atoms with Crippen LogP contribution in [-0.4, -0.2) is 17.6 Å². The van der Waals surface area contributed by atoms with Gasteiger partial charge in [0.2, 0.25) is 0 Å². The van der Waals surface area contributed by atoms with Gasteiger partial charge < -0.3 is 10.5 Å². The van der Waals surface area contributed by atoms with Crippen LogP contribution in [0.1, 0.15) is 37.7 Å². The lowest BCUT2D eigenvalue weighted by molar-refractivity contribution is 0.192. The summed E-state index contributed by atoms with van der Waals surface area (Å²) in [6.07, 6.45) is 6.25. The van der Waals surface area contributed by atoms with E-state index in [-0.39, 0.29) is 5.54 Å². The monoisotopic (exact) mass is 263 g/mol. The number of rotatable bonds is 3. The molecule has 1 saturated heterocycles. The average Bonchev–Trinajstić information content (AvgIpc) is 2.38. The number of ether oxygens (including phenoxy) is 1. The second-order valence-electron chi connectivity index (χ2n) is 5.46. The molecule has 2 fully saturated rings. The van der Waals surface area contributed by atoms with E-state index in [1.165, 1.54) is 36.3 Å². The highest BCUT2D eigenvalue weighted by Crippen LogP contribution is 2.39. The van der Waals surface area contributed by atoms with Crippen molar-refractivity contribution in [1.29, 1.82) is 0 Å². The molecule has 0 bridgehead atoms. The molecule has 1 aliphatic heterocycles. The van der Waals surface area contributed by atoms with E-state index in [4.69, 9.17) is 10.5 Å². The van der Waals surface area contributed by atoms with Crippen molar-refractivity contribution in [3.05, 3.63) is 29.8 Å². The molecule has 2 N–H and O–H groups in total.